The van der Waals surface area contributed by atoms with Crippen molar-refractivity contribution in [1.29, 1.82) is 0 Å². The van der Waals surface area contributed by atoms with Gasteiger partial charge in [0.15, 0.2) is 0 Å². The molecule has 1 N–H and O–H groups in total. The van der Waals surface area contributed by atoms with E-state index in [2.05, 4.69) is 24.1 Å². The number of rotatable bonds is 5. The first kappa shape index (κ1) is 14.6. The maximum atomic E-state index is 11.1. The van der Waals surface area contributed by atoms with E-state index < -0.39 is 5.97 Å². The number of carboxylic acid groups (broad SMARTS) is 1. The van der Waals surface area contributed by atoms with Crippen LogP contribution < -0.4 is 4.74 Å². The number of carboxylic acids is 1. The molecule has 0 saturated carbocycles. The van der Waals surface area contributed by atoms with E-state index in [-0.39, 0.29) is 5.56 Å². The second kappa shape index (κ2) is 6.55. The topological polar surface area (TPSA) is 59.4 Å². The minimum atomic E-state index is -0.944. The molecule has 2 unspecified atom stereocenters. The molecule has 1 aromatic rings. The number of carbonyl (C=O) groups is 1. The number of nitrogens with zero attached hydrogens (tertiary/aromatic N) is 1. The molecule has 1 aromatic heterocycles. The van der Waals surface area contributed by atoms with E-state index in [4.69, 9.17) is 9.84 Å². The van der Waals surface area contributed by atoms with Gasteiger partial charge in [0.2, 0.25) is 5.88 Å². The molecular formula is C16H21NO3. The molecular weight excluding hydrogens is 254 g/mol. The van der Waals surface area contributed by atoms with E-state index in [1.807, 2.05) is 6.92 Å². The zero-order valence-corrected chi connectivity index (χ0v) is 12.0. The highest BCUT2D eigenvalue weighted by atomic mass is 16.5. The van der Waals surface area contributed by atoms with Crippen LogP contribution in [0.2, 0.25) is 0 Å². The van der Waals surface area contributed by atoms with Gasteiger partial charge >= 0.3 is 5.97 Å². The van der Waals surface area contributed by atoms with Gasteiger partial charge in [-0.1, -0.05) is 26.0 Å². The number of allylic oxidation sites excluding steroid dienone is 2. The fourth-order valence-electron chi connectivity index (χ4n) is 2.37. The molecule has 0 aromatic carbocycles. The maximum absolute atomic E-state index is 11.1. The van der Waals surface area contributed by atoms with Gasteiger partial charge in [-0.15, -0.1) is 0 Å². The third-order valence-corrected chi connectivity index (χ3v) is 3.83. The summed E-state index contributed by atoms with van der Waals surface area (Å²) in [6.07, 6.45) is 7.18. The molecule has 0 bridgehead atoms. The van der Waals surface area contributed by atoms with Crippen molar-refractivity contribution in [3.05, 3.63) is 35.5 Å². The van der Waals surface area contributed by atoms with Crippen LogP contribution in [0.25, 0.3) is 0 Å². The Hall–Kier alpha value is -1.84. The molecule has 0 amide bonds. The van der Waals surface area contributed by atoms with Crippen LogP contribution >= 0.6 is 0 Å². The fourth-order valence-corrected chi connectivity index (χ4v) is 2.37. The molecule has 1 heterocycles. The van der Waals surface area contributed by atoms with Crippen LogP contribution in [0, 0.1) is 11.8 Å². The van der Waals surface area contributed by atoms with Crippen LogP contribution in [-0.4, -0.2) is 22.7 Å². The van der Waals surface area contributed by atoms with E-state index in [0.717, 1.165) is 18.5 Å². The molecule has 0 fully saturated rings. The van der Waals surface area contributed by atoms with Crippen molar-refractivity contribution in [3.63, 3.8) is 0 Å². The van der Waals surface area contributed by atoms with E-state index in [0.29, 0.717) is 30.7 Å². The van der Waals surface area contributed by atoms with E-state index in [1.165, 1.54) is 6.07 Å². The Kier molecular flexibility index (Phi) is 4.77. The Morgan fingerprint density at radius 2 is 2.15 bits per heavy atom. The summed E-state index contributed by atoms with van der Waals surface area (Å²) >= 11 is 0. The van der Waals surface area contributed by atoms with Crippen LogP contribution in [0.4, 0.5) is 0 Å². The first-order valence-electron chi connectivity index (χ1n) is 7.12. The van der Waals surface area contributed by atoms with Crippen molar-refractivity contribution in [2.24, 2.45) is 11.8 Å². The highest BCUT2D eigenvalue weighted by Crippen LogP contribution is 2.25. The molecule has 0 aliphatic heterocycles. The maximum Gasteiger partial charge on any atom is 0.335 e. The third kappa shape index (κ3) is 3.59. The van der Waals surface area contributed by atoms with Gasteiger partial charge in [-0.3, -0.25) is 0 Å². The largest absolute Gasteiger partial charge is 0.478 e. The summed E-state index contributed by atoms with van der Waals surface area (Å²) in [5.74, 6) is 0.540. The fraction of sp³-hybridized carbons (Fsp3) is 0.500. The highest BCUT2D eigenvalue weighted by molar-refractivity contribution is 5.88. The lowest BCUT2D eigenvalue weighted by Gasteiger charge is -2.25. The molecule has 0 radical (unpaired) electrons. The average Bonchev–Trinajstić information content (AvgIpc) is 2.46. The summed E-state index contributed by atoms with van der Waals surface area (Å²) in [5, 5.41) is 9.10. The zero-order chi connectivity index (χ0) is 14.5. The summed E-state index contributed by atoms with van der Waals surface area (Å²) in [5.41, 5.74) is 0.986. The van der Waals surface area contributed by atoms with Crippen molar-refractivity contribution in [2.75, 3.05) is 6.61 Å². The zero-order valence-electron chi connectivity index (χ0n) is 12.0. The first-order chi connectivity index (χ1) is 9.60. The molecule has 1 aliphatic rings. The van der Waals surface area contributed by atoms with Gasteiger partial charge in [-0.2, -0.15) is 0 Å². The summed E-state index contributed by atoms with van der Waals surface area (Å²) in [4.78, 5) is 15.4. The second-order valence-corrected chi connectivity index (χ2v) is 5.34. The van der Waals surface area contributed by atoms with E-state index in [9.17, 15) is 4.79 Å². The molecule has 0 spiro atoms. The Labute approximate surface area is 119 Å². The van der Waals surface area contributed by atoms with Crippen molar-refractivity contribution < 1.29 is 14.6 Å². The van der Waals surface area contributed by atoms with Crippen molar-refractivity contribution >= 4 is 5.97 Å². The monoisotopic (exact) mass is 275 g/mol. The Balaban J connectivity index is 2.06. The van der Waals surface area contributed by atoms with Gasteiger partial charge in [0.25, 0.3) is 0 Å². The molecule has 1 aliphatic carbocycles. The predicted octanol–water partition coefficient (Wildman–Crippen LogP) is 3.32. The lowest BCUT2D eigenvalue weighted by Crippen LogP contribution is -2.21. The van der Waals surface area contributed by atoms with Gasteiger partial charge in [0, 0.05) is 11.8 Å². The van der Waals surface area contributed by atoms with Crippen LogP contribution in [-0.2, 0) is 6.42 Å². The number of hydrogen-bond donors (Lipinski definition) is 1. The summed E-state index contributed by atoms with van der Waals surface area (Å²) < 4.78 is 5.74. The molecule has 2 atom stereocenters. The quantitative estimate of drug-likeness (QED) is 0.837. The normalized spacial score (nSPS) is 21.7. The Bertz CT molecular complexity index is 510. The Morgan fingerprint density at radius 3 is 2.80 bits per heavy atom. The SMILES string of the molecule is CCc1cc(C(=O)O)cc(OCC2CC=CCC2C)n1. The van der Waals surface area contributed by atoms with Gasteiger partial charge in [0.1, 0.15) is 0 Å². The minimum Gasteiger partial charge on any atom is -0.478 e. The lowest BCUT2D eigenvalue weighted by atomic mass is 9.85. The molecule has 4 nitrogen and oxygen atoms in total. The van der Waals surface area contributed by atoms with Gasteiger partial charge < -0.3 is 9.84 Å². The minimum absolute atomic E-state index is 0.239. The van der Waals surface area contributed by atoms with Crippen LogP contribution in [0.5, 0.6) is 5.88 Å². The smallest absolute Gasteiger partial charge is 0.335 e. The van der Waals surface area contributed by atoms with Crippen LogP contribution in [0.1, 0.15) is 42.7 Å². The van der Waals surface area contributed by atoms with Crippen molar-refractivity contribution in [3.8, 4) is 5.88 Å². The summed E-state index contributed by atoms with van der Waals surface area (Å²) in [7, 11) is 0. The number of hydrogen-bond acceptors (Lipinski definition) is 3. The molecule has 4 heteroatoms. The van der Waals surface area contributed by atoms with E-state index in [1.54, 1.807) is 6.07 Å². The highest BCUT2D eigenvalue weighted by Gasteiger charge is 2.19. The second-order valence-electron chi connectivity index (χ2n) is 5.34. The number of aromatic carboxylic acids is 1. The van der Waals surface area contributed by atoms with Crippen LogP contribution in [0.3, 0.4) is 0 Å². The summed E-state index contributed by atoms with van der Waals surface area (Å²) in [6.45, 7) is 4.76. The molecule has 108 valence electrons. The lowest BCUT2D eigenvalue weighted by molar-refractivity contribution is 0.0695. The molecule has 20 heavy (non-hydrogen) atoms. The van der Waals surface area contributed by atoms with Gasteiger partial charge in [0.05, 0.1) is 12.2 Å². The van der Waals surface area contributed by atoms with E-state index >= 15 is 0 Å². The van der Waals surface area contributed by atoms with Gasteiger partial charge in [-0.05, 0) is 37.2 Å². The average molecular weight is 275 g/mol. The number of ether oxygens (including phenoxy) is 1. The van der Waals surface area contributed by atoms with Crippen LogP contribution in [0.15, 0.2) is 24.3 Å². The first-order valence-corrected chi connectivity index (χ1v) is 7.12. The summed E-state index contributed by atoms with van der Waals surface area (Å²) in [6, 6.07) is 3.10. The van der Waals surface area contributed by atoms with Crippen molar-refractivity contribution in [1.82, 2.24) is 4.98 Å². The molecule has 2 rings (SSSR count). The standard InChI is InChI=1S/C16H21NO3/c1-3-14-8-13(16(18)19)9-15(17-14)20-10-12-7-5-4-6-11(12)2/h4-5,8-9,11-12H,3,6-7,10H2,1-2H3,(H,18,19). The Morgan fingerprint density at radius 1 is 1.40 bits per heavy atom. The number of aryl methyl sites for hydroxylation is 1. The third-order valence-electron chi connectivity index (χ3n) is 3.83. The molecule has 0 saturated heterocycles. The number of aromatic nitrogens is 1. The van der Waals surface area contributed by atoms with Gasteiger partial charge in [-0.25, -0.2) is 9.78 Å². The number of pyridine rings is 1. The van der Waals surface area contributed by atoms with Crippen molar-refractivity contribution in [2.45, 2.75) is 33.1 Å². The predicted molar refractivity (Wildman–Crippen MR) is 77.1 cm³/mol.